The molecule has 1 N–H and O–H groups in total. The maximum atomic E-state index is 5.42. The van der Waals surface area contributed by atoms with Crippen molar-refractivity contribution in [1.29, 1.82) is 0 Å². The molecule has 1 saturated heterocycles. The van der Waals surface area contributed by atoms with Crippen LogP contribution >= 0.6 is 0 Å². The van der Waals surface area contributed by atoms with Gasteiger partial charge in [-0.1, -0.05) is 6.07 Å². The van der Waals surface area contributed by atoms with E-state index in [0.717, 1.165) is 37.6 Å². The van der Waals surface area contributed by atoms with Crippen LogP contribution in [0.4, 0.5) is 0 Å². The highest BCUT2D eigenvalue weighted by molar-refractivity contribution is 5.45. The van der Waals surface area contributed by atoms with Gasteiger partial charge in [-0.3, -0.25) is 0 Å². The number of benzene rings is 1. The monoisotopic (exact) mass is 234 g/mol. The molecule has 0 aromatic heterocycles. The molecule has 1 unspecified atom stereocenters. The molecule has 2 aliphatic rings. The lowest BCUT2D eigenvalue weighted by Crippen LogP contribution is -2.24. The zero-order valence-electron chi connectivity index (χ0n) is 10.1. The fourth-order valence-corrected chi connectivity index (χ4v) is 2.41. The van der Waals surface area contributed by atoms with Crippen LogP contribution < -0.4 is 14.8 Å². The number of nitrogens with one attached hydrogen (secondary N) is 1. The number of hydrogen-bond donors (Lipinski definition) is 1. The maximum Gasteiger partial charge on any atom is 0.231 e. The fourth-order valence-electron chi connectivity index (χ4n) is 2.41. The lowest BCUT2D eigenvalue weighted by Gasteiger charge is -2.16. The van der Waals surface area contributed by atoms with Crippen LogP contribution in [0.15, 0.2) is 18.2 Å². The lowest BCUT2D eigenvalue weighted by molar-refractivity contribution is 0.174. The summed E-state index contributed by atoms with van der Waals surface area (Å²) in [4.78, 5) is 2.36. The predicted molar refractivity (Wildman–Crippen MR) is 65.4 cm³/mol. The molecule has 4 heteroatoms. The van der Waals surface area contributed by atoms with Crippen LogP contribution in [0.3, 0.4) is 0 Å². The molecule has 0 radical (unpaired) electrons. The molecule has 0 spiro atoms. The van der Waals surface area contributed by atoms with Gasteiger partial charge < -0.3 is 19.7 Å². The van der Waals surface area contributed by atoms with Crippen molar-refractivity contribution in [2.75, 3.05) is 33.5 Å². The Bertz CT molecular complexity index is 408. The molecule has 0 bridgehead atoms. The summed E-state index contributed by atoms with van der Waals surface area (Å²) in [5, 5.41) is 3.58. The third-order valence-electron chi connectivity index (χ3n) is 3.48. The van der Waals surface area contributed by atoms with E-state index in [0.29, 0.717) is 12.8 Å². The predicted octanol–water partition coefficient (Wildman–Crippen LogP) is 1.38. The van der Waals surface area contributed by atoms with Crippen LogP contribution in [0.5, 0.6) is 11.5 Å². The average Bonchev–Trinajstić information content (AvgIpc) is 2.70. The van der Waals surface area contributed by atoms with E-state index >= 15 is 0 Å². The molecule has 2 aliphatic heterocycles. The van der Waals surface area contributed by atoms with Gasteiger partial charge >= 0.3 is 0 Å². The van der Waals surface area contributed by atoms with Gasteiger partial charge in [0.2, 0.25) is 6.79 Å². The highest BCUT2D eigenvalue weighted by Crippen LogP contribution is 2.34. The van der Waals surface area contributed by atoms with Gasteiger partial charge in [-0.05, 0) is 37.7 Å². The van der Waals surface area contributed by atoms with Gasteiger partial charge in [0.1, 0.15) is 0 Å². The van der Waals surface area contributed by atoms with Crippen molar-refractivity contribution in [3.05, 3.63) is 23.8 Å². The molecule has 0 amide bonds. The smallest absolute Gasteiger partial charge is 0.231 e. The number of nitrogens with zero attached hydrogens (tertiary/aromatic N) is 1. The van der Waals surface area contributed by atoms with E-state index in [2.05, 4.69) is 29.4 Å². The number of fused-ring (bicyclic) bond motifs is 1. The minimum atomic E-state index is 0.347. The van der Waals surface area contributed by atoms with E-state index in [1.54, 1.807) is 0 Å². The van der Waals surface area contributed by atoms with Crippen LogP contribution in [0.25, 0.3) is 0 Å². The van der Waals surface area contributed by atoms with Crippen molar-refractivity contribution >= 4 is 0 Å². The van der Waals surface area contributed by atoms with Crippen molar-refractivity contribution in [3.63, 3.8) is 0 Å². The molecule has 1 atom stereocenters. The standard InChI is InChI=1S/C13H18N2O2/c1-15-6-4-11(14-5-7-15)10-2-3-12-13(8-10)17-9-16-12/h2-3,8,11,14H,4-7,9H2,1H3. The molecule has 92 valence electrons. The van der Waals surface area contributed by atoms with E-state index in [1.807, 2.05) is 6.07 Å². The summed E-state index contributed by atoms with van der Waals surface area (Å²) in [6.45, 7) is 3.63. The molecule has 0 aliphatic carbocycles. The lowest BCUT2D eigenvalue weighted by atomic mass is 10.0. The summed E-state index contributed by atoms with van der Waals surface area (Å²) in [6, 6.07) is 6.67. The van der Waals surface area contributed by atoms with Crippen LogP contribution in [0.2, 0.25) is 0 Å². The summed E-state index contributed by atoms with van der Waals surface area (Å²) in [6.07, 6.45) is 1.14. The largest absolute Gasteiger partial charge is 0.454 e. The first-order valence-corrected chi connectivity index (χ1v) is 6.14. The molecule has 1 aromatic rings. The average molecular weight is 234 g/mol. The SMILES string of the molecule is CN1CCNC(c2ccc3c(c2)OCO3)CC1. The number of likely N-dealkylation sites (N-methyl/N-ethyl adjacent to an activating group) is 1. The Kier molecular flexibility index (Phi) is 2.91. The van der Waals surface area contributed by atoms with Gasteiger partial charge in [-0.2, -0.15) is 0 Å². The van der Waals surface area contributed by atoms with E-state index in [1.165, 1.54) is 5.56 Å². The Morgan fingerprint density at radius 3 is 3.06 bits per heavy atom. The molecule has 0 saturated carbocycles. The summed E-state index contributed by atoms with van der Waals surface area (Å²) < 4.78 is 10.8. The molecule has 1 aromatic carbocycles. The van der Waals surface area contributed by atoms with Crippen LogP contribution in [-0.2, 0) is 0 Å². The van der Waals surface area contributed by atoms with Gasteiger partial charge in [0.25, 0.3) is 0 Å². The van der Waals surface area contributed by atoms with Gasteiger partial charge in [0.15, 0.2) is 11.5 Å². The Morgan fingerprint density at radius 1 is 1.24 bits per heavy atom. The minimum absolute atomic E-state index is 0.347. The van der Waals surface area contributed by atoms with Crippen LogP contribution in [-0.4, -0.2) is 38.4 Å². The number of ether oxygens (including phenoxy) is 2. The van der Waals surface area contributed by atoms with E-state index in [-0.39, 0.29) is 0 Å². The first kappa shape index (κ1) is 10.9. The van der Waals surface area contributed by atoms with Gasteiger partial charge in [-0.15, -0.1) is 0 Å². The molecular weight excluding hydrogens is 216 g/mol. The number of hydrogen-bond acceptors (Lipinski definition) is 4. The minimum Gasteiger partial charge on any atom is -0.454 e. The second kappa shape index (κ2) is 4.55. The van der Waals surface area contributed by atoms with Gasteiger partial charge in [-0.25, -0.2) is 0 Å². The fraction of sp³-hybridized carbons (Fsp3) is 0.538. The summed E-state index contributed by atoms with van der Waals surface area (Å²) in [5.74, 6) is 1.74. The highest BCUT2D eigenvalue weighted by Gasteiger charge is 2.19. The number of rotatable bonds is 1. The van der Waals surface area contributed by atoms with Crippen molar-refractivity contribution in [2.45, 2.75) is 12.5 Å². The first-order valence-electron chi connectivity index (χ1n) is 6.14. The first-order chi connectivity index (χ1) is 8.33. The maximum absolute atomic E-state index is 5.42. The van der Waals surface area contributed by atoms with Crippen LogP contribution in [0, 0.1) is 0 Å². The second-order valence-electron chi connectivity index (χ2n) is 4.71. The highest BCUT2D eigenvalue weighted by atomic mass is 16.7. The van der Waals surface area contributed by atoms with Gasteiger partial charge in [0.05, 0.1) is 0 Å². The Labute approximate surface area is 102 Å². The molecule has 17 heavy (non-hydrogen) atoms. The summed E-state index contributed by atoms with van der Waals surface area (Å²) in [5.41, 5.74) is 1.30. The third-order valence-corrected chi connectivity index (χ3v) is 3.48. The van der Waals surface area contributed by atoms with E-state index in [9.17, 15) is 0 Å². The quantitative estimate of drug-likeness (QED) is 0.796. The van der Waals surface area contributed by atoms with Crippen molar-refractivity contribution in [1.82, 2.24) is 10.2 Å². The van der Waals surface area contributed by atoms with Gasteiger partial charge in [0, 0.05) is 19.1 Å². The Hall–Kier alpha value is -1.26. The van der Waals surface area contributed by atoms with Crippen molar-refractivity contribution in [3.8, 4) is 11.5 Å². The molecule has 2 heterocycles. The zero-order valence-corrected chi connectivity index (χ0v) is 10.1. The summed E-state index contributed by atoms with van der Waals surface area (Å²) in [7, 11) is 2.17. The van der Waals surface area contributed by atoms with E-state index < -0.39 is 0 Å². The topological polar surface area (TPSA) is 33.7 Å². The molecule has 1 fully saturated rings. The molecule has 3 rings (SSSR count). The summed E-state index contributed by atoms with van der Waals surface area (Å²) >= 11 is 0. The normalized spacial score (nSPS) is 24.6. The van der Waals surface area contributed by atoms with Crippen molar-refractivity contribution in [2.24, 2.45) is 0 Å². The zero-order chi connectivity index (χ0) is 11.7. The third kappa shape index (κ3) is 2.23. The van der Waals surface area contributed by atoms with Crippen LogP contribution in [0.1, 0.15) is 18.0 Å². The Balaban J connectivity index is 1.79. The molecular formula is C13H18N2O2. The van der Waals surface area contributed by atoms with Crippen molar-refractivity contribution < 1.29 is 9.47 Å². The Morgan fingerprint density at radius 2 is 2.12 bits per heavy atom. The second-order valence-corrected chi connectivity index (χ2v) is 4.71. The van der Waals surface area contributed by atoms with E-state index in [4.69, 9.17) is 9.47 Å². The molecule has 4 nitrogen and oxygen atoms in total.